The van der Waals surface area contributed by atoms with Gasteiger partial charge in [0.15, 0.2) is 5.78 Å². The van der Waals surface area contributed by atoms with Gasteiger partial charge in [0.05, 0.1) is 10.2 Å². The minimum atomic E-state index is -0.0565. The highest BCUT2D eigenvalue weighted by atomic mass is 32.1. The fraction of sp³-hybridized carbons (Fsp3) is 0.176. The van der Waals surface area contributed by atoms with E-state index in [1.54, 1.807) is 0 Å². The number of aromatic amines is 1. The van der Waals surface area contributed by atoms with Crippen molar-refractivity contribution in [3.05, 3.63) is 62.8 Å². The summed E-state index contributed by atoms with van der Waals surface area (Å²) in [6.45, 7) is 2.09. The monoisotopic (exact) mass is 295 g/mol. The molecule has 4 rings (SSSR count). The van der Waals surface area contributed by atoms with Crippen molar-refractivity contribution in [3.8, 4) is 0 Å². The maximum Gasteiger partial charge on any atom is 0.305 e. The molecule has 0 saturated carbocycles. The average molecular weight is 295 g/mol. The molecule has 2 aliphatic carbocycles. The Bertz CT molecular complexity index is 924. The lowest BCUT2D eigenvalue weighted by molar-refractivity contribution is -0.114. The van der Waals surface area contributed by atoms with Crippen LogP contribution in [0, 0.1) is 5.92 Å². The zero-order chi connectivity index (χ0) is 14.6. The Balaban J connectivity index is 2.11. The first kappa shape index (κ1) is 12.5. The van der Waals surface area contributed by atoms with Crippen molar-refractivity contribution < 1.29 is 4.79 Å². The number of carbonyl (C=O) groups excluding carboxylic acids is 1. The molecule has 1 unspecified atom stereocenters. The van der Waals surface area contributed by atoms with Crippen LogP contribution >= 0.6 is 11.3 Å². The van der Waals surface area contributed by atoms with Crippen LogP contribution < -0.4 is 4.87 Å². The van der Waals surface area contributed by atoms with Crippen LogP contribution in [-0.2, 0) is 11.2 Å². The number of hydrogen-bond acceptors (Lipinski definition) is 3. The Hall–Kier alpha value is -2.20. The number of thiazole rings is 1. The predicted octanol–water partition coefficient (Wildman–Crippen LogP) is 3.23. The summed E-state index contributed by atoms with van der Waals surface area (Å²) >= 11 is 1.22. The van der Waals surface area contributed by atoms with E-state index in [4.69, 9.17) is 0 Å². The first-order valence-corrected chi connectivity index (χ1v) is 7.74. The first-order valence-electron chi connectivity index (χ1n) is 6.92. The van der Waals surface area contributed by atoms with E-state index in [9.17, 15) is 9.59 Å². The normalized spacial score (nSPS) is 20.6. The number of hydrogen-bond donors (Lipinski definition) is 1. The van der Waals surface area contributed by atoms with Gasteiger partial charge in [0.25, 0.3) is 0 Å². The second-order valence-corrected chi connectivity index (χ2v) is 6.48. The molecule has 0 amide bonds. The summed E-state index contributed by atoms with van der Waals surface area (Å²) in [4.78, 5) is 26.8. The minimum Gasteiger partial charge on any atom is -0.312 e. The highest BCUT2D eigenvalue weighted by Gasteiger charge is 2.26. The Morgan fingerprint density at radius 1 is 1.14 bits per heavy atom. The molecule has 0 bridgehead atoms. The lowest BCUT2D eigenvalue weighted by Gasteiger charge is -2.19. The number of ketones is 1. The van der Waals surface area contributed by atoms with Crippen molar-refractivity contribution in [2.75, 3.05) is 0 Å². The summed E-state index contributed by atoms with van der Waals surface area (Å²) in [5, 5.41) is 0. The Labute approximate surface area is 125 Å². The van der Waals surface area contributed by atoms with E-state index in [-0.39, 0.29) is 10.7 Å². The van der Waals surface area contributed by atoms with Crippen LogP contribution in [0.15, 0.2) is 46.8 Å². The van der Waals surface area contributed by atoms with Gasteiger partial charge >= 0.3 is 4.87 Å². The highest BCUT2D eigenvalue weighted by Crippen LogP contribution is 2.38. The molecular formula is C17H13NO2S. The number of allylic oxidation sites excluding steroid dienone is 6. The highest BCUT2D eigenvalue weighted by molar-refractivity contribution is 7.16. The topological polar surface area (TPSA) is 49.9 Å². The quantitative estimate of drug-likeness (QED) is 0.811. The lowest BCUT2D eigenvalue weighted by Crippen LogP contribution is -2.14. The second-order valence-electron chi connectivity index (χ2n) is 5.50. The molecular weight excluding hydrogens is 282 g/mol. The van der Waals surface area contributed by atoms with Gasteiger partial charge in [-0.1, -0.05) is 48.6 Å². The van der Waals surface area contributed by atoms with Crippen LogP contribution in [0.1, 0.15) is 18.1 Å². The van der Waals surface area contributed by atoms with E-state index in [2.05, 4.69) is 18.0 Å². The zero-order valence-electron chi connectivity index (χ0n) is 11.5. The van der Waals surface area contributed by atoms with Gasteiger partial charge < -0.3 is 4.98 Å². The van der Waals surface area contributed by atoms with E-state index in [0.29, 0.717) is 12.3 Å². The number of carbonyl (C=O) groups is 1. The van der Waals surface area contributed by atoms with E-state index in [1.807, 2.05) is 30.4 Å². The SMILES string of the molecule is CC1C=CC2=C(C=C1)c1c(ccc3[nH]c(=O)sc13)CC2=O. The van der Waals surface area contributed by atoms with E-state index >= 15 is 0 Å². The Kier molecular flexibility index (Phi) is 2.62. The number of fused-ring (bicyclic) bond motifs is 4. The maximum atomic E-state index is 12.4. The van der Waals surface area contributed by atoms with Gasteiger partial charge in [-0.2, -0.15) is 0 Å². The number of benzene rings is 1. The molecule has 0 spiro atoms. The minimum absolute atomic E-state index is 0.0565. The first-order chi connectivity index (χ1) is 10.1. The van der Waals surface area contributed by atoms with Crippen LogP contribution in [0.2, 0.25) is 0 Å². The van der Waals surface area contributed by atoms with Crippen LogP contribution in [0.5, 0.6) is 0 Å². The number of aromatic nitrogens is 1. The Morgan fingerprint density at radius 2 is 1.90 bits per heavy atom. The molecule has 0 aliphatic heterocycles. The van der Waals surface area contributed by atoms with Gasteiger partial charge in [-0.3, -0.25) is 9.59 Å². The van der Waals surface area contributed by atoms with Crippen molar-refractivity contribution in [2.45, 2.75) is 13.3 Å². The smallest absolute Gasteiger partial charge is 0.305 e. The van der Waals surface area contributed by atoms with Crippen LogP contribution in [-0.4, -0.2) is 10.8 Å². The molecule has 0 saturated heterocycles. The summed E-state index contributed by atoms with van der Waals surface area (Å²) in [6.07, 6.45) is 8.50. The summed E-state index contributed by atoms with van der Waals surface area (Å²) in [5.74, 6) is 0.450. The van der Waals surface area contributed by atoms with Crippen LogP contribution in [0.25, 0.3) is 15.8 Å². The van der Waals surface area contributed by atoms with Crippen molar-refractivity contribution in [2.24, 2.45) is 5.92 Å². The molecule has 1 atom stereocenters. The molecule has 0 fully saturated rings. The van der Waals surface area contributed by atoms with Crippen molar-refractivity contribution >= 4 is 32.9 Å². The number of H-pyrrole nitrogens is 1. The van der Waals surface area contributed by atoms with Crippen molar-refractivity contribution in [1.82, 2.24) is 4.98 Å². The lowest BCUT2D eigenvalue weighted by atomic mass is 9.84. The fourth-order valence-corrected chi connectivity index (χ4v) is 3.89. The summed E-state index contributed by atoms with van der Waals surface area (Å²) in [7, 11) is 0. The van der Waals surface area contributed by atoms with Gasteiger partial charge in [-0.25, -0.2) is 0 Å². The largest absolute Gasteiger partial charge is 0.312 e. The Morgan fingerprint density at radius 3 is 2.71 bits per heavy atom. The molecule has 4 heteroatoms. The van der Waals surface area contributed by atoms with E-state index in [0.717, 1.165) is 32.5 Å². The molecule has 3 nitrogen and oxygen atoms in total. The van der Waals surface area contributed by atoms with Crippen LogP contribution in [0.3, 0.4) is 0 Å². The maximum absolute atomic E-state index is 12.4. The molecule has 2 aromatic rings. The summed E-state index contributed by atoms with van der Waals surface area (Å²) in [6, 6.07) is 3.84. The molecule has 1 heterocycles. The molecule has 104 valence electrons. The predicted molar refractivity (Wildman–Crippen MR) is 85.5 cm³/mol. The van der Waals surface area contributed by atoms with E-state index < -0.39 is 0 Å². The van der Waals surface area contributed by atoms with Crippen LogP contribution in [0.4, 0.5) is 0 Å². The molecule has 2 aliphatic rings. The number of Topliss-reactive ketones (excluding diaryl/α,β-unsaturated/α-hetero) is 1. The average Bonchev–Trinajstić information content (AvgIpc) is 2.71. The zero-order valence-corrected chi connectivity index (χ0v) is 12.3. The fourth-order valence-electron chi connectivity index (χ4n) is 2.97. The van der Waals surface area contributed by atoms with Gasteiger partial charge in [-0.05, 0) is 23.1 Å². The van der Waals surface area contributed by atoms with Gasteiger partial charge in [0, 0.05) is 17.6 Å². The molecule has 1 aromatic carbocycles. The third-order valence-corrected chi connectivity index (χ3v) is 4.93. The molecule has 21 heavy (non-hydrogen) atoms. The summed E-state index contributed by atoms with van der Waals surface area (Å²) in [5.41, 5.74) is 4.60. The van der Waals surface area contributed by atoms with Gasteiger partial charge in [0.1, 0.15) is 0 Å². The molecule has 0 radical (unpaired) electrons. The second kappa shape index (κ2) is 4.40. The van der Waals surface area contributed by atoms with Crippen molar-refractivity contribution in [3.63, 3.8) is 0 Å². The number of rotatable bonds is 0. The third-order valence-electron chi connectivity index (χ3n) is 4.02. The van der Waals surface area contributed by atoms with Gasteiger partial charge in [0.2, 0.25) is 0 Å². The van der Waals surface area contributed by atoms with E-state index in [1.165, 1.54) is 11.3 Å². The number of nitrogens with one attached hydrogen (secondary N) is 1. The standard InChI is InChI=1S/C17H13NO2S/c1-9-2-5-11-12(6-3-9)15-10(8-14(11)19)4-7-13-16(15)21-17(20)18-13/h2-7,9H,8H2,1H3,(H,18,20). The third kappa shape index (κ3) is 1.87. The summed E-state index contributed by atoms with van der Waals surface area (Å²) < 4.78 is 0.949. The molecule has 1 aromatic heterocycles. The van der Waals surface area contributed by atoms with Crippen molar-refractivity contribution in [1.29, 1.82) is 0 Å². The molecule has 1 N–H and O–H groups in total. The van der Waals surface area contributed by atoms with Gasteiger partial charge in [-0.15, -0.1) is 0 Å².